The van der Waals surface area contributed by atoms with E-state index in [2.05, 4.69) is 4.74 Å². The van der Waals surface area contributed by atoms with Gasteiger partial charge in [0.1, 0.15) is 6.26 Å². The highest BCUT2D eigenvalue weighted by atomic mass is 16.5. The van der Waals surface area contributed by atoms with Crippen molar-refractivity contribution in [1.82, 2.24) is 0 Å². The van der Waals surface area contributed by atoms with Crippen LogP contribution in [-0.2, 0) is 19.1 Å². The second-order valence-electron chi connectivity index (χ2n) is 3.02. The Morgan fingerprint density at radius 3 is 2.44 bits per heavy atom. The minimum Gasteiger partial charge on any atom is -0.502 e. The molecule has 0 aliphatic rings. The van der Waals surface area contributed by atoms with Gasteiger partial charge in [0.05, 0.1) is 12.2 Å². The Morgan fingerprint density at radius 1 is 1.31 bits per heavy atom. The number of rotatable bonds is 5. The molecule has 0 aliphatic heterocycles. The number of allylic oxidation sites excluding steroid dienone is 1. The van der Waals surface area contributed by atoms with Crippen LogP contribution in [0.25, 0.3) is 0 Å². The van der Waals surface area contributed by atoms with Crippen LogP contribution in [0.15, 0.2) is 23.7 Å². The van der Waals surface area contributed by atoms with Gasteiger partial charge in [0.25, 0.3) is 0 Å². The van der Waals surface area contributed by atoms with E-state index in [0.717, 1.165) is 12.7 Å². The van der Waals surface area contributed by atoms with Gasteiger partial charge in [0, 0.05) is 0 Å². The first kappa shape index (κ1) is 14.2. The highest BCUT2D eigenvalue weighted by Gasteiger charge is 2.09. The van der Waals surface area contributed by atoms with Gasteiger partial charge in [-0.05, 0) is 26.3 Å². The Kier molecular flexibility index (Phi) is 6.67. The van der Waals surface area contributed by atoms with E-state index < -0.39 is 17.7 Å². The van der Waals surface area contributed by atoms with Gasteiger partial charge in [0.2, 0.25) is 0 Å². The summed E-state index contributed by atoms with van der Waals surface area (Å²) in [6, 6.07) is 0. The predicted octanol–water partition coefficient (Wildman–Crippen LogP) is 1.85. The first-order chi connectivity index (χ1) is 7.52. The van der Waals surface area contributed by atoms with Crippen molar-refractivity contribution in [3.05, 3.63) is 23.7 Å². The van der Waals surface area contributed by atoms with Crippen LogP contribution in [0.2, 0.25) is 0 Å². The van der Waals surface area contributed by atoms with Crippen LogP contribution in [0.1, 0.15) is 27.2 Å². The van der Waals surface area contributed by atoms with Crippen molar-refractivity contribution in [2.24, 2.45) is 0 Å². The van der Waals surface area contributed by atoms with Crippen LogP contribution in [0.3, 0.4) is 0 Å². The lowest BCUT2D eigenvalue weighted by Crippen LogP contribution is -2.09. The first-order valence-electron chi connectivity index (χ1n) is 4.93. The van der Waals surface area contributed by atoms with Crippen LogP contribution in [0.5, 0.6) is 0 Å². The zero-order valence-electron chi connectivity index (χ0n) is 9.65. The number of esters is 2. The summed E-state index contributed by atoms with van der Waals surface area (Å²) in [4.78, 5) is 22.2. The van der Waals surface area contributed by atoms with Crippen LogP contribution in [-0.4, -0.2) is 23.7 Å². The van der Waals surface area contributed by atoms with E-state index in [1.165, 1.54) is 19.9 Å². The summed E-state index contributed by atoms with van der Waals surface area (Å²) in [5.41, 5.74) is 0.158. The maximum absolute atomic E-state index is 11.2. The van der Waals surface area contributed by atoms with Gasteiger partial charge in [-0.25, -0.2) is 9.59 Å². The van der Waals surface area contributed by atoms with E-state index in [0.29, 0.717) is 6.61 Å². The molecule has 5 heteroatoms. The lowest BCUT2D eigenvalue weighted by molar-refractivity contribution is -0.139. The molecular weight excluding hydrogens is 212 g/mol. The molecule has 16 heavy (non-hydrogen) atoms. The minimum absolute atomic E-state index is 0.158. The van der Waals surface area contributed by atoms with Crippen molar-refractivity contribution < 1.29 is 24.2 Å². The van der Waals surface area contributed by atoms with Crippen LogP contribution in [0, 0.1) is 0 Å². The van der Waals surface area contributed by atoms with Gasteiger partial charge in [0.15, 0.2) is 5.76 Å². The summed E-state index contributed by atoms with van der Waals surface area (Å²) in [5.74, 6) is -1.97. The van der Waals surface area contributed by atoms with Crippen LogP contribution < -0.4 is 0 Å². The maximum Gasteiger partial charge on any atom is 0.377 e. The van der Waals surface area contributed by atoms with Crippen molar-refractivity contribution in [2.75, 3.05) is 6.61 Å². The van der Waals surface area contributed by atoms with E-state index in [4.69, 9.17) is 9.84 Å². The number of aliphatic hydroxyl groups is 1. The van der Waals surface area contributed by atoms with Gasteiger partial charge in [-0.1, -0.05) is 6.92 Å². The number of aliphatic hydroxyl groups excluding tert-OH is 1. The standard InChI is InChI=1S/C11H16O5/c1-4-6-15-10(13)8(3)7-16-11(14)9(12)5-2/h5,7,12H,4,6H2,1-3H3. The third-order valence-corrected chi connectivity index (χ3v) is 1.58. The van der Waals surface area contributed by atoms with Crippen molar-refractivity contribution in [3.8, 4) is 0 Å². The third-order valence-electron chi connectivity index (χ3n) is 1.58. The largest absolute Gasteiger partial charge is 0.502 e. The molecule has 0 rings (SSSR count). The second-order valence-corrected chi connectivity index (χ2v) is 3.02. The Morgan fingerprint density at radius 2 is 1.94 bits per heavy atom. The predicted molar refractivity (Wildman–Crippen MR) is 57.5 cm³/mol. The molecule has 0 aromatic rings. The number of hydrogen-bond acceptors (Lipinski definition) is 5. The molecule has 0 saturated carbocycles. The molecule has 0 spiro atoms. The van der Waals surface area contributed by atoms with Gasteiger partial charge in [-0.3, -0.25) is 0 Å². The fraction of sp³-hybridized carbons (Fsp3) is 0.455. The number of ether oxygens (including phenoxy) is 2. The highest BCUT2D eigenvalue weighted by molar-refractivity contribution is 5.89. The number of hydrogen-bond donors (Lipinski definition) is 1. The molecule has 0 aromatic carbocycles. The summed E-state index contributed by atoms with van der Waals surface area (Å²) in [5, 5.41) is 8.96. The van der Waals surface area contributed by atoms with Crippen molar-refractivity contribution in [3.63, 3.8) is 0 Å². The molecule has 5 nitrogen and oxygen atoms in total. The fourth-order valence-electron chi connectivity index (χ4n) is 0.677. The Balaban J connectivity index is 4.23. The van der Waals surface area contributed by atoms with E-state index in [1.54, 1.807) is 0 Å². The Hall–Kier alpha value is -1.78. The number of carbonyl (C=O) groups excluding carboxylic acids is 2. The molecule has 0 amide bonds. The summed E-state index contributed by atoms with van der Waals surface area (Å²) in [7, 11) is 0. The molecule has 90 valence electrons. The van der Waals surface area contributed by atoms with Gasteiger partial charge < -0.3 is 14.6 Å². The second kappa shape index (κ2) is 7.50. The van der Waals surface area contributed by atoms with Crippen molar-refractivity contribution in [1.29, 1.82) is 0 Å². The molecule has 0 aliphatic carbocycles. The molecule has 0 aromatic heterocycles. The highest BCUT2D eigenvalue weighted by Crippen LogP contribution is 2.00. The molecule has 0 radical (unpaired) electrons. The van der Waals surface area contributed by atoms with Crippen molar-refractivity contribution in [2.45, 2.75) is 27.2 Å². The van der Waals surface area contributed by atoms with Gasteiger partial charge in [-0.2, -0.15) is 0 Å². The normalized spacial score (nSPS) is 12.2. The quantitative estimate of drug-likeness (QED) is 0.441. The molecule has 0 saturated heterocycles. The summed E-state index contributed by atoms with van der Waals surface area (Å²) < 4.78 is 9.33. The van der Waals surface area contributed by atoms with E-state index in [9.17, 15) is 9.59 Å². The topological polar surface area (TPSA) is 72.8 Å². The zero-order valence-corrected chi connectivity index (χ0v) is 9.65. The molecule has 0 unspecified atom stereocenters. The fourth-order valence-corrected chi connectivity index (χ4v) is 0.677. The summed E-state index contributed by atoms with van der Waals surface area (Å²) in [6.45, 7) is 5.13. The molecule has 0 heterocycles. The van der Waals surface area contributed by atoms with Crippen molar-refractivity contribution >= 4 is 11.9 Å². The molecular formula is C11H16O5. The first-order valence-corrected chi connectivity index (χ1v) is 4.93. The maximum atomic E-state index is 11.2. The molecule has 0 fully saturated rings. The van der Waals surface area contributed by atoms with Gasteiger partial charge >= 0.3 is 11.9 Å². The Bertz CT molecular complexity index is 314. The lowest BCUT2D eigenvalue weighted by Gasteiger charge is -2.03. The van der Waals surface area contributed by atoms with E-state index in [-0.39, 0.29) is 5.57 Å². The zero-order chi connectivity index (χ0) is 12.6. The monoisotopic (exact) mass is 228 g/mol. The SMILES string of the molecule is CC=C(O)C(=O)OC=C(C)C(=O)OCCC. The van der Waals surface area contributed by atoms with E-state index >= 15 is 0 Å². The Labute approximate surface area is 94.4 Å². The van der Waals surface area contributed by atoms with Crippen LogP contribution in [0.4, 0.5) is 0 Å². The summed E-state index contributed by atoms with van der Waals surface area (Å²) in [6.07, 6.45) is 2.87. The van der Waals surface area contributed by atoms with E-state index in [1.807, 2.05) is 6.92 Å². The number of carbonyl (C=O) groups is 2. The average molecular weight is 228 g/mol. The summed E-state index contributed by atoms with van der Waals surface area (Å²) >= 11 is 0. The van der Waals surface area contributed by atoms with Gasteiger partial charge in [-0.15, -0.1) is 0 Å². The molecule has 0 atom stereocenters. The average Bonchev–Trinajstić information content (AvgIpc) is 2.31. The lowest BCUT2D eigenvalue weighted by atomic mass is 10.3. The third kappa shape index (κ3) is 5.19. The minimum atomic E-state index is -0.912. The smallest absolute Gasteiger partial charge is 0.377 e. The van der Waals surface area contributed by atoms with Crippen LogP contribution >= 0.6 is 0 Å². The molecule has 1 N–H and O–H groups in total. The molecule has 0 bridgehead atoms.